The maximum atomic E-state index is 12.7. The molecule has 3 nitrogen and oxygen atoms in total. The number of aliphatic carboxylic acids is 1. The quantitative estimate of drug-likeness (QED) is 0.704. The van der Waals surface area contributed by atoms with Crippen molar-refractivity contribution in [3.63, 3.8) is 0 Å². The van der Waals surface area contributed by atoms with Gasteiger partial charge in [0.2, 0.25) is 0 Å². The number of aliphatic hydroxyl groups is 1. The summed E-state index contributed by atoms with van der Waals surface area (Å²) >= 11 is 2.76. The van der Waals surface area contributed by atoms with Crippen molar-refractivity contribution in [2.45, 2.75) is 23.5 Å². The van der Waals surface area contributed by atoms with Gasteiger partial charge in [0.05, 0.1) is 0 Å². The third-order valence-corrected chi connectivity index (χ3v) is 2.72. The minimum atomic E-state index is -1.44. The Labute approximate surface area is 71.3 Å². The molecule has 0 aromatic carbocycles. The highest BCUT2D eigenvalue weighted by Gasteiger charge is 2.54. The van der Waals surface area contributed by atoms with E-state index in [2.05, 4.69) is 15.9 Å². The monoisotopic (exact) mass is 226 g/mol. The topological polar surface area (TPSA) is 57.5 Å². The molecule has 5 heteroatoms. The number of carboxylic acid groups (broad SMARTS) is 1. The van der Waals surface area contributed by atoms with Crippen LogP contribution in [0, 0.1) is 5.92 Å². The molecule has 0 radical (unpaired) electrons. The van der Waals surface area contributed by atoms with Crippen LogP contribution in [-0.4, -0.2) is 26.9 Å². The lowest BCUT2D eigenvalue weighted by Gasteiger charge is -2.03. The van der Waals surface area contributed by atoms with E-state index in [1.807, 2.05) is 0 Å². The van der Waals surface area contributed by atoms with Crippen LogP contribution in [0.3, 0.4) is 0 Å². The van der Waals surface area contributed by atoms with E-state index in [9.17, 15) is 9.18 Å². The van der Waals surface area contributed by atoms with Gasteiger partial charge in [0.1, 0.15) is 0 Å². The first-order valence-corrected chi connectivity index (χ1v) is 4.01. The van der Waals surface area contributed by atoms with Gasteiger partial charge in [0.25, 0.3) is 0 Å². The van der Waals surface area contributed by atoms with Gasteiger partial charge in [0, 0.05) is 5.92 Å². The van der Waals surface area contributed by atoms with Gasteiger partial charge < -0.3 is 10.2 Å². The third-order valence-electron chi connectivity index (χ3n) is 1.75. The molecule has 0 aliphatic heterocycles. The summed E-state index contributed by atoms with van der Waals surface area (Å²) in [5.41, 5.74) is 0. The Balaban J connectivity index is 2.29. The van der Waals surface area contributed by atoms with Gasteiger partial charge in [-0.15, -0.1) is 0 Å². The molecule has 1 rings (SSSR count). The summed E-state index contributed by atoms with van der Waals surface area (Å²) in [6.07, 6.45) is -1.16. The van der Waals surface area contributed by atoms with Crippen molar-refractivity contribution in [3.8, 4) is 0 Å². The summed E-state index contributed by atoms with van der Waals surface area (Å²) in [5, 5.41) is 17.0. The summed E-state index contributed by atoms with van der Waals surface area (Å²) in [7, 11) is 0. The fourth-order valence-electron chi connectivity index (χ4n) is 0.896. The molecule has 0 amide bonds. The first kappa shape index (κ1) is 8.93. The lowest BCUT2D eigenvalue weighted by Crippen LogP contribution is -2.20. The van der Waals surface area contributed by atoms with Crippen LogP contribution >= 0.6 is 15.9 Å². The van der Waals surface area contributed by atoms with Crippen LogP contribution in [0.25, 0.3) is 0 Å². The molecule has 1 saturated carbocycles. The second-order valence-electron chi connectivity index (χ2n) is 2.75. The molecule has 1 aliphatic carbocycles. The SMILES string of the molecule is O=C(O)C(O)CC1CC1(F)Br. The molecule has 64 valence electrons. The van der Waals surface area contributed by atoms with Gasteiger partial charge in [-0.1, -0.05) is 0 Å². The average molecular weight is 227 g/mol. The Hall–Kier alpha value is -0.160. The molecule has 0 aromatic rings. The zero-order chi connectivity index (χ0) is 8.65. The molecule has 2 N–H and O–H groups in total. The number of hydrogen-bond donors (Lipinski definition) is 2. The predicted molar refractivity (Wildman–Crippen MR) is 39.1 cm³/mol. The Bertz CT molecular complexity index is 183. The maximum Gasteiger partial charge on any atom is 0.332 e. The zero-order valence-corrected chi connectivity index (χ0v) is 7.21. The van der Waals surface area contributed by atoms with Crippen molar-refractivity contribution in [2.75, 3.05) is 0 Å². The molecule has 1 aliphatic rings. The smallest absolute Gasteiger partial charge is 0.332 e. The molecule has 3 atom stereocenters. The molecule has 3 unspecified atom stereocenters. The summed E-state index contributed by atoms with van der Waals surface area (Å²) in [6.45, 7) is 0. The number of carbonyl (C=O) groups is 1. The third kappa shape index (κ3) is 2.13. The Morgan fingerprint density at radius 2 is 2.36 bits per heavy atom. The Morgan fingerprint density at radius 1 is 1.91 bits per heavy atom. The van der Waals surface area contributed by atoms with E-state index >= 15 is 0 Å². The molecule has 0 aromatic heterocycles. The zero-order valence-electron chi connectivity index (χ0n) is 5.63. The lowest BCUT2D eigenvalue weighted by atomic mass is 10.2. The summed E-state index contributed by atoms with van der Waals surface area (Å²) in [5.74, 6) is -1.64. The molecule has 11 heavy (non-hydrogen) atoms. The van der Waals surface area contributed by atoms with Crippen LogP contribution in [0.4, 0.5) is 4.39 Å². The summed E-state index contributed by atoms with van der Waals surface area (Å²) < 4.78 is 11.3. The van der Waals surface area contributed by atoms with Crippen LogP contribution in [-0.2, 0) is 4.79 Å². The van der Waals surface area contributed by atoms with E-state index in [-0.39, 0.29) is 18.8 Å². The number of halogens is 2. The van der Waals surface area contributed by atoms with E-state index < -0.39 is 16.7 Å². The van der Waals surface area contributed by atoms with Crippen molar-refractivity contribution in [2.24, 2.45) is 5.92 Å². The van der Waals surface area contributed by atoms with E-state index in [0.717, 1.165) is 0 Å². The standard InChI is InChI=1S/C6H8BrFO3/c7-6(8)2-3(6)1-4(9)5(10)11/h3-4,9H,1-2H2,(H,10,11). The number of hydrogen-bond acceptors (Lipinski definition) is 2. The molecule has 0 saturated heterocycles. The van der Waals surface area contributed by atoms with Gasteiger partial charge in [-0.2, -0.15) is 0 Å². The summed E-state index contributed by atoms with van der Waals surface area (Å²) in [4.78, 5) is 10.1. The first-order valence-electron chi connectivity index (χ1n) is 3.22. The van der Waals surface area contributed by atoms with Crippen molar-refractivity contribution < 1.29 is 19.4 Å². The van der Waals surface area contributed by atoms with Crippen LogP contribution < -0.4 is 0 Å². The molecule has 0 heterocycles. The minimum absolute atomic E-state index is 0.0168. The van der Waals surface area contributed by atoms with E-state index in [1.54, 1.807) is 0 Å². The van der Waals surface area contributed by atoms with Crippen molar-refractivity contribution in [1.29, 1.82) is 0 Å². The Morgan fingerprint density at radius 3 is 2.64 bits per heavy atom. The van der Waals surface area contributed by atoms with Crippen LogP contribution in [0.5, 0.6) is 0 Å². The molecular weight excluding hydrogens is 219 g/mol. The molecule has 0 bridgehead atoms. The Kier molecular flexibility index (Phi) is 2.20. The van der Waals surface area contributed by atoms with E-state index in [0.29, 0.717) is 0 Å². The number of carboxylic acids is 1. The van der Waals surface area contributed by atoms with Crippen molar-refractivity contribution in [3.05, 3.63) is 0 Å². The second kappa shape index (κ2) is 2.71. The van der Waals surface area contributed by atoms with Gasteiger partial charge in [0.15, 0.2) is 10.7 Å². The fourth-order valence-corrected chi connectivity index (χ4v) is 1.47. The van der Waals surface area contributed by atoms with Crippen molar-refractivity contribution in [1.82, 2.24) is 0 Å². The highest BCUT2D eigenvalue weighted by Crippen LogP contribution is 2.54. The van der Waals surface area contributed by atoms with Gasteiger partial charge in [-0.25, -0.2) is 9.18 Å². The second-order valence-corrected chi connectivity index (χ2v) is 4.07. The summed E-state index contributed by atoms with van der Waals surface area (Å²) in [6, 6.07) is 0. The largest absolute Gasteiger partial charge is 0.479 e. The molecular formula is C6H8BrFO3. The number of alkyl halides is 2. The van der Waals surface area contributed by atoms with Crippen LogP contribution in [0.1, 0.15) is 12.8 Å². The number of aliphatic hydroxyl groups excluding tert-OH is 1. The first-order chi connectivity index (χ1) is 4.93. The highest BCUT2D eigenvalue weighted by atomic mass is 79.9. The van der Waals surface area contributed by atoms with E-state index in [4.69, 9.17) is 10.2 Å². The fraction of sp³-hybridized carbons (Fsp3) is 0.833. The maximum absolute atomic E-state index is 12.7. The molecule has 1 fully saturated rings. The van der Waals surface area contributed by atoms with Crippen molar-refractivity contribution >= 4 is 21.9 Å². The van der Waals surface area contributed by atoms with Gasteiger partial charge >= 0.3 is 5.97 Å². The highest BCUT2D eigenvalue weighted by molar-refractivity contribution is 9.10. The average Bonchev–Trinajstić information content (AvgIpc) is 2.39. The van der Waals surface area contributed by atoms with Crippen LogP contribution in [0.15, 0.2) is 0 Å². The lowest BCUT2D eigenvalue weighted by molar-refractivity contribution is -0.147. The number of rotatable bonds is 3. The van der Waals surface area contributed by atoms with Crippen LogP contribution in [0.2, 0.25) is 0 Å². The minimum Gasteiger partial charge on any atom is -0.479 e. The normalized spacial score (nSPS) is 38.3. The molecule has 0 spiro atoms. The van der Waals surface area contributed by atoms with Gasteiger partial charge in [-0.3, -0.25) is 0 Å². The van der Waals surface area contributed by atoms with Gasteiger partial charge in [-0.05, 0) is 28.8 Å². The van der Waals surface area contributed by atoms with E-state index in [1.165, 1.54) is 0 Å². The predicted octanol–water partition coefficient (Wildman–Crippen LogP) is 0.903.